The number of aromatic nitrogens is 6. The van der Waals surface area contributed by atoms with Crippen molar-refractivity contribution in [3.63, 3.8) is 0 Å². The minimum Gasteiger partial charge on any atom is -0.386 e. The van der Waals surface area contributed by atoms with Crippen LogP contribution >= 0.6 is 0 Å². The van der Waals surface area contributed by atoms with Gasteiger partial charge in [-0.15, -0.1) is 0 Å². The van der Waals surface area contributed by atoms with Crippen molar-refractivity contribution in [2.75, 3.05) is 13.1 Å². The van der Waals surface area contributed by atoms with E-state index < -0.39 is 22.9 Å². The molecule has 1 fully saturated rings. The van der Waals surface area contributed by atoms with E-state index in [-0.39, 0.29) is 35.7 Å². The molecule has 3 aromatic heterocycles. The lowest BCUT2D eigenvalue weighted by molar-refractivity contribution is -0.140. The summed E-state index contributed by atoms with van der Waals surface area (Å²) in [7, 11) is 6.42. The van der Waals surface area contributed by atoms with Gasteiger partial charge < -0.3 is 14.6 Å². The van der Waals surface area contributed by atoms with Gasteiger partial charge in [0, 0.05) is 41.2 Å². The number of benzene rings is 1. The van der Waals surface area contributed by atoms with Gasteiger partial charge in [0.1, 0.15) is 5.60 Å². The highest BCUT2D eigenvalue weighted by Crippen LogP contribution is 2.33. The van der Waals surface area contributed by atoms with Crippen molar-refractivity contribution < 1.29 is 9.90 Å². The number of amides is 1. The molecule has 1 saturated heterocycles. The Labute approximate surface area is 211 Å². The molecule has 4 aromatic rings. The SMILES string of the molecule is Cn1c(=O)c2c(ncn2[C@@H]2CCN(C(=O)CCc3ccc4c(c3)n(C)c(=O)n4C)C[C@@]2(C)O)n(C)c1=O. The minimum atomic E-state index is -1.32. The number of rotatable bonds is 4. The van der Waals surface area contributed by atoms with Gasteiger partial charge in [0.15, 0.2) is 11.2 Å². The molecule has 0 bridgehead atoms. The van der Waals surface area contributed by atoms with Gasteiger partial charge in [0.2, 0.25) is 5.91 Å². The van der Waals surface area contributed by atoms with E-state index >= 15 is 0 Å². The van der Waals surface area contributed by atoms with Crippen LogP contribution < -0.4 is 16.9 Å². The van der Waals surface area contributed by atoms with E-state index in [2.05, 4.69) is 4.98 Å². The average Bonchev–Trinajstić information content (AvgIpc) is 3.40. The van der Waals surface area contributed by atoms with Gasteiger partial charge in [-0.3, -0.25) is 27.9 Å². The summed E-state index contributed by atoms with van der Waals surface area (Å²) in [6.07, 6.45) is 2.68. The van der Waals surface area contributed by atoms with Gasteiger partial charge in [-0.25, -0.2) is 14.6 Å². The maximum atomic E-state index is 13.1. The molecule has 1 amide bonds. The second-order valence-electron chi connectivity index (χ2n) is 10.2. The lowest BCUT2D eigenvalue weighted by Crippen LogP contribution is -2.54. The first-order valence-corrected chi connectivity index (χ1v) is 12.2. The Morgan fingerprint density at radius 3 is 2.41 bits per heavy atom. The van der Waals surface area contributed by atoms with Gasteiger partial charge in [-0.1, -0.05) is 6.07 Å². The third-order valence-electron chi connectivity index (χ3n) is 7.73. The van der Waals surface area contributed by atoms with E-state index in [1.165, 1.54) is 17.9 Å². The number of aryl methyl sites for hydroxylation is 4. The lowest BCUT2D eigenvalue weighted by Gasteiger charge is -2.43. The fourth-order valence-electron chi connectivity index (χ4n) is 5.53. The summed E-state index contributed by atoms with van der Waals surface area (Å²) < 4.78 is 7.16. The molecular weight excluding hydrogens is 478 g/mol. The van der Waals surface area contributed by atoms with Crippen molar-refractivity contribution in [1.82, 2.24) is 32.7 Å². The molecule has 0 radical (unpaired) electrons. The van der Waals surface area contributed by atoms with Crippen molar-refractivity contribution in [2.24, 2.45) is 28.2 Å². The Morgan fingerprint density at radius 1 is 1.03 bits per heavy atom. The third kappa shape index (κ3) is 3.82. The number of β-amino-alcohol motifs (C(OH)–C–C–N with tert-alkyl or cyclic N) is 1. The van der Waals surface area contributed by atoms with Crippen molar-refractivity contribution in [3.8, 4) is 0 Å². The predicted octanol–water partition coefficient (Wildman–Crippen LogP) is -0.219. The molecule has 2 atom stereocenters. The molecule has 4 heterocycles. The number of fused-ring (bicyclic) bond motifs is 2. The molecule has 1 N–H and O–H groups in total. The number of nitrogens with zero attached hydrogens (tertiary/aromatic N) is 7. The molecule has 12 heteroatoms. The first-order chi connectivity index (χ1) is 17.4. The number of carbonyl (C=O) groups is 1. The molecule has 0 unspecified atom stereocenters. The third-order valence-corrected chi connectivity index (χ3v) is 7.73. The zero-order valence-electron chi connectivity index (χ0n) is 21.6. The summed E-state index contributed by atoms with van der Waals surface area (Å²) in [6.45, 7) is 2.17. The molecule has 0 saturated carbocycles. The Hall–Kier alpha value is -3.93. The number of likely N-dealkylation sites (tertiary alicyclic amines) is 1. The van der Waals surface area contributed by atoms with Crippen molar-refractivity contribution >= 4 is 28.1 Å². The zero-order chi connectivity index (χ0) is 26.8. The minimum absolute atomic E-state index is 0.0745. The smallest absolute Gasteiger partial charge is 0.332 e. The lowest BCUT2D eigenvalue weighted by atomic mass is 9.88. The standard InChI is InChI=1S/C25H31N7O5/c1-25(37)13-31(19(33)9-7-15-6-8-16-17(12-15)28(3)23(35)27(16)2)11-10-18(25)32-14-26-21-20(32)22(34)30(5)24(36)29(21)4/h6,8,12,14,18,37H,7,9-11,13H2,1-5H3/t18-,25-/m1/s1. The van der Waals surface area contributed by atoms with Gasteiger partial charge in [0.05, 0.1) is 29.9 Å². The predicted molar refractivity (Wildman–Crippen MR) is 138 cm³/mol. The van der Waals surface area contributed by atoms with Crippen LogP contribution in [0.5, 0.6) is 0 Å². The van der Waals surface area contributed by atoms with Crippen LogP contribution in [0.4, 0.5) is 0 Å². The quantitative estimate of drug-likeness (QED) is 0.405. The second kappa shape index (κ2) is 8.58. The van der Waals surface area contributed by atoms with Crippen molar-refractivity contribution in [1.29, 1.82) is 0 Å². The summed E-state index contributed by atoms with van der Waals surface area (Å²) >= 11 is 0. The highest BCUT2D eigenvalue weighted by molar-refractivity contribution is 5.79. The van der Waals surface area contributed by atoms with E-state index in [4.69, 9.17) is 0 Å². The summed E-state index contributed by atoms with van der Waals surface area (Å²) in [5.74, 6) is -0.0745. The summed E-state index contributed by atoms with van der Waals surface area (Å²) in [5, 5.41) is 11.4. The number of imidazole rings is 2. The molecule has 1 aliphatic heterocycles. The first-order valence-electron chi connectivity index (χ1n) is 12.2. The number of piperidine rings is 1. The van der Waals surface area contributed by atoms with Crippen molar-refractivity contribution in [3.05, 3.63) is 61.4 Å². The van der Waals surface area contributed by atoms with E-state index in [1.807, 2.05) is 18.2 Å². The molecular formula is C25H31N7O5. The van der Waals surface area contributed by atoms with Gasteiger partial charge in [-0.05, 0) is 37.5 Å². The molecule has 0 aliphatic carbocycles. The van der Waals surface area contributed by atoms with E-state index in [0.717, 1.165) is 21.2 Å². The number of hydrogen-bond donors (Lipinski definition) is 1. The monoisotopic (exact) mass is 509 g/mol. The van der Waals surface area contributed by atoms with Crippen molar-refractivity contribution in [2.45, 2.75) is 37.8 Å². The zero-order valence-corrected chi connectivity index (χ0v) is 21.6. The molecule has 0 spiro atoms. The van der Waals surface area contributed by atoms with Gasteiger partial charge in [0.25, 0.3) is 5.56 Å². The van der Waals surface area contributed by atoms with Crippen LogP contribution in [-0.2, 0) is 39.4 Å². The van der Waals surface area contributed by atoms with Crippen LogP contribution in [0.25, 0.3) is 22.2 Å². The number of aliphatic hydroxyl groups is 1. The van der Waals surface area contributed by atoms with Crippen LogP contribution in [-0.4, -0.2) is 62.4 Å². The normalized spacial score (nSPS) is 20.3. The fourth-order valence-corrected chi connectivity index (χ4v) is 5.53. The Balaban J connectivity index is 1.33. The summed E-state index contributed by atoms with van der Waals surface area (Å²) in [5.41, 5.74) is 0.758. The molecule has 12 nitrogen and oxygen atoms in total. The largest absolute Gasteiger partial charge is 0.386 e. The van der Waals surface area contributed by atoms with Crippen LogP contribution in [0.2, 0.25) is 0 Å². The number of hydrogen-bond acceptors (Lipinski definition) is 6. The molecule has 196 valence electrons. The van der Waals surface area contributed by atoms with Gasteiger partial charge in [-0.2, -0.15) is 0 Å². The molecule has 37 heavy (non-hydrogen) atoms. The second-order valence-corrected chi connectivity index (χ2v) is 10.2. The molecule has 5 rings (SSSR count). The van der Waals surface area contributed by atoms with Crippen LogP contribution in [0.15, 0.2) is 38.9 Å². The molecule has 1 aliphatic rings. The Kier molecular flexibility index (Phi) is 5.74. The Bertz CT molecular complexity index is 1730. The number of carbonyl (C=O) groups excluding carboxylic acids is 1. The van der Waals surface area contributed by atoms with E-state index in [9.17, 15) is 24.3 Å². The highest BCUT2D eigenvalue weighted by atomic mass is 16.3. The van der Waals surface area contributed by atoms with E-state index in [0.29, 0.717) is 19.4 Å². The van der Waals surface area contributed by atoms with Crippen LogP contribution in [0, 0.1) is 0 Å². The van der Waals surface area contributed by atoms with Crippen LogP contribution in [0.1, 0.15) is 31.4 Å². The topological polar surface area (TPSA) is 129 Å². The fraction of sp³-hybridized carbons (Fsp3) is 0.480. The van der Waals surface area contributed by atoms with Gasteiger partial charge >= 0.3 is 11.4 Å². The summed E-state index contributed by atoms with van der Waals surface area (Å²) in [6, 6.07) is 5.26. The molecule has 1 aromatic carbocycles. The van der Waals surface area contributed by atoms with E-state index in [1.54, 1.807) is 46.7 Å². The maximum absolute atomic E-state index is 13.1. The summed E-state index contributed by atoms with van der Waals surface area (Å²) in [4.78, 5) is 56.3. The average molecular weight is 510 g/mol. The highest BCUT2D eigenvalue weighted by Gasteiger charge is 2.41. The van der Waals surface area contributed by atoms with Crippen LogP contribution in [0.3, 0.4) is 0 Å². The first kappa shape index (κ1) is 24.8. The maximum Gasteiger partial charge on any atom is 0.332 e. The Morgan fingerprint density at radius 2 is 1.70 bits per heavy atom.